The molecule has 1 aromatic rings. The second-order valence-corrected chi connectivity index (χ2v) is 4.30. The summed E-state index contributed by atoms with van der Waals surface area (Å²) in [6.45, 7) is 0.574. The van der Waals surface area contributed by atoms with Crippen molar-refractivity contribution in [3.8, 4) is 0 Å². The summed E-state index contributed by atoms with van der Waals surface area (Å²) in [6.07, 6.45) is -0.964. The Morgan fingerprint density at radius 2 is 2.00 bits per heavy atom. The summed E-state index contributed by atoms with van der Waals surface area (Å²) in [5, 5.41) is 17.8. The van der Waals surface area contributed by atoms with Gasteiger partial charge in [-0.15, -0.1) is 0 Å². The molecule has 1 saturated heterocycles. The largest absolute Gasteiger partial charge is 0.479 e. The first-order valence-electron chi connectivity index (χ1n) is 5.95. The number of ether oxygens (including phenoxy) is 1. The first-order valence-corrected chi connectivity index (χ1v) is 5.95. The number of amides is 1. The van der Waals surface area contributed by atoms with Gasteiger partial charge in [-0.3, -0.25) is 4.79 Å². The third-order valence-corrected chi connectivity index (χ3v) is 3.01. The van der Waals surface area contributed by atoms with Crippen molar-refractivity contribution in [3.05, 3.63) is 35.4 Å². The number of carbonyl (C=O) groups excluding carboxylic acids is 1. The van der Waals surface area contributed by atoms with Gasteiger partial charge in [0.25, 0.3) is 5.91 Å². The van der Waals surface area contributed by atoms with E-state index in [1.165, 1.54) is 4.90 Å². The zero-order valence-corrected chi connectivity index (χ0v) is 10.3. The van der Waals surface area contributed by atoms with Crippen molar-refractivity contribution in [2.24, 2.45) is 0 Å². The zero-order valence-electron chi connectivity index (χ0n) is 10.3. The van der Waals surface area contributed by atoms with E-state index in [0.717, 1.165) is 5.56 Å². The van der Waals surface area contributed by atoms with Crippen LogP contribution in [0.5, 0.6) is 0 Å². The average molecular weight is 265 g/mol. The van der Waals surface area contributed by atoms with Crippen molar-refractivity contribution in [2.45, 2.75) is 12.7 Å². The summed E-state index contributed by atoms with van der Waals surface area (Å²) in [5.74, 6) is -1.29. The molecule has 1 aliphatic rings. The molecule has 0 saturated carbocycles. The van der Waals surface area contributed by atoms with E-state index < -0.39 is 12.1 Å². The lowest BCUT2D eigenvalue weighted by Crippen LogP contribution is -2.48. The smallest absolute Gasteiger partial charge is 0.334 e. The van der Waals surface area contributed by atoms with Crippen LogP contribution in [0.1, 0.15) is 15.9 Å². The van der Waals surface area contributed by atoms with Gasteiger partial charge in [-0.1, -0.05) is 12.1 Å². The van der Waals surface area contributed by atoms with Crippen LogP contribution in [0.3, 0.4) is 0 Å². The van der Waals surface area contributed by atoms with Gasteiger partial charge in [0.05, 0.1) is 19.8 Å². The number of carboxylic acid groups (broad SMARTS) is 1. The lowest BCUT2D eigenvalue weighted by Gasteiger charge is -2.30. The number of carboxylic acids is 1. The van der Waals surface area contributed by atoms with Crippen LogP contribution < -0.4 is 0 Å². The predicted octanol–water partition coefficient (Wildman–Crippen LogP) is 0.104. The van der Waals surface area contributed by atoms with Gasteiger partial charge in [0.15, 0.2) is 6.10 Å². The summed E-state index contributed by atoms with van der Waals surface area (Å²) in [7, 11) is 0. The molecular formula is C13H15NO5. The van der Waals surface area contributed by atoms with Gasteiger partial charge >= 0.3 is 5.97 Å². The maximum Gasteiger partial charge on any atom is 0.334 e. The summed E-state index contributed by atoms with van der Waals surface area (Å²) in [5.41, 5.74) is 1.20. The minimum atomic E-state index is -1.06. The number of rotatable bonds is 3. The first kappa shape index (κ1) is 13.5. The maximum absolute atomic E-state index is 12.2. The number of hydrogen-bond donors (Lipinski definition) is 2. The highest BCUT2D eigenvalue weighted by atomic mass is 16.5. The standard InChI is InChI=1S/C13H15NO5/c15-8-9-1-3-10(4-2-9)12(16)14-5-6-19-11(7-14)13(17)18/h1-4,11,15H,5-8H2,(H,17,18). The van der Waals surface area contributed by atoms with Crippen LogP contribution in [-0.2, 0) is 16.1 Å². The highest BCUT2D eigenvalue weighted by Gasteiger charge is 2.29. The van der Waals surface area contributed by atoms with E-state index in [-0.39, 0.29) is 25.7 Å². The highest BCUT2D eigenvalue weighted by molar-refractivity contribution is 5.94. The second-order valence-electron chi connectivity index (χ2n) is 4.30. The Kier molecular flexibility index (Phi) is 4.13. The van der Waals surface area contributed by atoms with Crippen molar-refractivity contribution in [1.29, 1.82) is 0 Å². The van der Waals surface area contributed by atoms with Crippen LogP contribution in [0.2, 0.25) is 0 Å². The van der Waals surface area contributed by atoms with Crippen LogP contribution in [0.25, 0.3) is 0 Å². The molecule has 1 amide bonds. The fraction of sp³-hybridized carbons (Fsp3) is 0.385. The summed E-state index contributed by atoms with van der Waals surface area (Å²) in [4.78, 5) is 24.5. The van der Waals surface area contributed by atoms with Crippen LogP contribution in [-0.4, -0.2) is 52.8 Å². The number of benzene rings is 1. The lowest BCUT2D eigenvalue weighted by molar-refractivity contribution is -0.154. The quantitative estimate of drug-likeness (QED) is 0.809. The Hall–Kier alpha value is -1.92. The molecule has 1 unspecified atom stereocenters. The minimum Gasteiger partial charge on any atom is -0.479 e. The molecular weight excluding hydrogens is 250 g/mol. The maximum atomic E-state index is 12.2. The molecule has 0 spiro atoms. The van der Waals surface area contributed by atoms with Gasteiger partial charge < -0.3 is 19.8 Å². The summed E-state index contributed by atoms with van der Waals surface area (Å²) < 4.78 is 5.07. The Morgan fingerprint density at radius 1 is 1.32 bits per heavy atom. The molecule has 2 rings (SSSR count). The number of morpholine rings is 1. The molecule has 19 heavy (non-hydrogen) atoms. The van der Waals surface area contributed by atoms with Gasteiger partial charge in [-0.2, -0.15) is 0 Å². The van der Waals surface area contributed by atoms with Gasteiger partial charge in [0.2, 0.25) is 0 Å². The summed E-state index contributed by atoms with van der Waals surface area (Å²) >= 11 is 0. The number of aliphatic hydroxyl groups is 1. The fourth-order valence-corrected chi connectivity index (χ4v) is 1.92. The molecule has 0 bridgehead atoms. The molecule has 0 aliphatic carbocycles. The number of hydrogen-bond acceptors (Lipinski definition) is 4. The van der Waals surface area contributed by atoms with E-state index >= 15 is 0 Å². The molecule has 0 aromatic heterocycles. The molecule has 0 radical (unpaired) electrons. The molecule has 6 heteroatoms. The number of carbonyl (C=O) groups is 2. The van der Waals surface area contributed by atoms with E-state index in [1.807, 2.05) is 0 Å². The molecule has 2 N–H and O–H groups in total. The third kappa shape index (κ3) is 3.10. The lowest BCUT2D eigenvalue weighted by atomic mass is 10.1. The normalized spacial score (nSPS) is 19.2. The number of aliphatic hydroxyl groups excluding tert-OH is 1. The van der Waals surface area contributed by atoms with Crippen LogP contribution >= 0.6 is 0 Å². The van der Waals surface area contributed by atoms with Crippen molar-refractivity contribution in [3.63, 3.8) is 0 Å². The Labute approximate surface area is 110 Å². The average Bonchev–Trinajstić information content (AvgIpc) is 2.46. The van der Waals surface area contributed by atoms with E-state index in [1.54, 1.807) is 24.3 Å². The Morgan fingerprint density at radius 3 is 2.58 bits per heavy atom. The van der Waals surface area contributed by atoms with Crippen LogP contribution in [0.15, 0.2) is 24.3 Å². The van der Waals surface area contributed by atoms with E-state index in [4.69, 9.17) is 14.9 Å². The van der Waals surface area contributed by atoms with Gasteiger partial charge in [0.1, 0.15) is 0 Å². The van der Waals surface area contributed by atoms with E-state index in [9.17, 15) is 9.59 Å². The highest BCUT2D eigenvalue weighted by Crippen LogP contribution is 2.12. The van der Waals surface area contributed by atoms with Crippen molar-refractivity contribution < 1.29 is 24.5 Å². The molecule has 1 aliphatic heterocycles. The molecule has 1 fully saturated rings. The summed E-state index contributed by atoms with van der Waals surface area (Å²) in [6, 6.07) is 6.59. The second kappa shape index (κ2) is 5.81. The minimum absolute atomic E-state index is 0.0515. The Bertz CT molecular complexity index is 470. The van der Waals surface area contributed by atoms with Gasteiger partial charge in [-0.05, 0) is 17.7 Å². The molecule has 102 valence electrons. The fourth-order valence-electron chi connectivity index (χ4n) is 1.92. The van der Waals surface area contributed by atoms with E-state index in [0.29, 0.717) is 12.1 Å². The zero-order chi connectivity index (χ0) is 13.8. The number of aliphatic carboxylic acids is 1. The molecule has 1 atom stereocenters. The number of nitrogens with zero attached hydrogens (tertiary/aromatic N) is 1. The Balaban J connectivity index is 2.07. The third-order valence-electron chi connectivity index (χ3n) is 3.01. The van der Waals surface area contributed by atoms with Gasteiger partial charge in [0, 0.05) is 12.1 Å². The van der Waals surface area contributed by atoms with Crippen molar-refractivity contribution in [2.75, 3.05) is 19.7 Å². The van der Waals surface area contributed by atoms with Crippen LogP contribution in [0.4, 0.5) is 0 Å². The van der Waals surface area contributed by atoms with Gasteiger partial charge in [-0.25, -0.2) is 4.79 Å². The van der Waals surface area contributed by atoms with E-state index in [2.05, 4.69) is 0 Å². The first-order chi connectivity index (χ1) is 9.11. The predicted molar refractivity (Wildman–Crippen MR) is 65.6 cm³/mol. The molecule has 1 heterocycles. The topological polar surface area (TPSA) is 87.1 Å². The molecule has 1 aromatic carbocycles. The van der Waals surface area contributed by atoms with Crippen molar-refractivity contribution in [1.82, 2.24) is 4.90 Å². The van der Waals surface area contributed by atoms with Crippen LogP contribution in [0, 0.1) is 0 Å². The SMILES string of the molecule is O=C(O)C1CN(C(=O)c2ccc(CO)cc2)CCO1. The van der Waals surface area contributed by atoms with Crippen molar-refractivity contribution >= 4 is 11.9 Å². The molecule has 6 nitrogen and oxygen atoms in total. The monoisotopic (exact) mass is 265 g/mol.